The largest absolute Gasteiger partial charge is 0.508 e. The van der Waals surface area contributed by atoms with Gasteiger partial charge < -0.3 is 60.4 Å². The first kappa shape index (κ1) is 80.1. The van der Waals surface area contributed by atoms with Crippen molar-refractivity contribution in [3.8, 4) is 5.75 Å². The van der Waals surface area contributed by atoms with Crippen molar-refractivity contribution in [2.45, 2.75) is 130 Å². The number of carbonyl (C=O) groups is 8. The van der Waals surface area contributed by atoms with E-state index in [-0.39, 0.29) is 88.8 Å². The van der Waals surface area contributed by atoms with Crippen LogP contribution in [0.25, 0.3) is 20.4 Å². The predicted octanol–water partition coefficient (Wildman–Crippen LogP) is 10.9. The summed E-state index contributed by atoms with van der Waals surface area (Å²) in [5.41, 5.74) is 11.4. The van der Waals surface area contributed by atoms with Gasteiger partial charge in [0.2, 0.25) is 23.6 Å². The van der Waals surface area contributed by atoms with Gasteiger partial charge in [-0.15, -0.1) is 13.2 Å². The van der Waals surface area contributed by atoms with Gasteiger partial charge in [0, 0.05) is 52.7 Å². The zero-order valence-electron chi connectivity index (χ0n) is 61.7. The van der Waals surface area contributed by atoms with E-state index in [4.69, 9.17) is 29.7 Å². The summed E-state index contributed by atoms with van der Waals surface area (Å²) < 4.78 is 24.2. The Bertz CT molecular complexity index is 4420. The number of phenolic OH excluding ortho intramolecular Hbond substituents is 1. The molecular formula is C78H94N14O13S2. The Kier molecular flexibility index (Phi) is 27.6. The maximum atomic E-state index is 15.0. The van der Waals surface area contributed by atoms with Crippen LogP contribution in [-0.2, 0) is 77.1 Å². The van der Waals surface area contributed by atoms with Crippen molar-refractivity contribution >= 4 is 101 Å². The second-order valence-corrected chi connectivity index (χ2v) is 29.5. The molecule has 107 heavy (non-hydrogen) atoms. The Labute approximate surface area is 630 Å². The number of rotatable bonds is 27. The van der Waals surface area contributed by atoms with E-state index in [0.717, 1.165) is 58.3 Å². The molecule has 7 N–H and O–H groups in total. The standard InChI is InChI=1S/C46H61N7O9S.C32H33N7O4S/c1-11-25-52(42(56)47-27-33-17-14-13-15-18-33)53(44(58)62-46(7,8)9)29-37(54)48-35(26-32-23-21-31(3)22-24-32)40(55)51(30-38(59-10)60-12-2)28-34-19-16-20-36-39(34)49-41(63-36)50-43(57)61-45(4,5)6;1-2-15-37(32(43)34-17-22-7-4-3-5-8-22)38-20-28(41)39-25(16-21-11-13-24(40)14-12-21)30(42)36(19-27(38)39)18-23-9-6-10-26-29(23)35-31(33)44-26/h11,13-24,35,38H,1,12,25-30H2,2-10H3,(H,47,56)(H,48,54)(H,49,50,57);2-14,25,27,40H,1,15-20H2,(H2,33,35)(H,34,43)/t35-,38?;25-,27+/m00/s1. The molecule has 2 aromatic heterocycles. The summed E-state index contributed by atoms with van der Waals surface area (Å²) >= 11 is 2.64. The molecule has 10 rings (SSSR count). The molecule has 27 nitrogen and oxygen atoms in total. The molecule has 8 aromatic rings. The maximum absolute atomic E-state index is 15.0. The first-order chi connectivity index (χ1) is 51.1. The molecule has 2 fully saturated rings. The van der Waals surface area contributed by atoms with E-state index in [1.807, 2.05) is 135 Å². The summed E-state index contributed by atoms with van der Waals surface area (Å²) in [5, 5.41) is 27.1. The van der Waals surface area contributed by atoms with Gasteiger partial charge in [-0.2, -0.15) is 5.01 Å². The van der Waals surface area contributed by atoms with Crippen LogP contribution in [0.2, 0.25) is 0 Å². The summed E-state index contributed by atoms with van der Waals surface area (Å²) in [5.74, 6) is -1.57. The minimum absolute atomic E-state index is 0.0116. The second kappa shape index (κ2) is 36.8. The van der Waals surface area contributed by atoms with Crippen molar-refractivity contribution in [2.75, 3.05) is 64.0 Å². The monoisotopic (exact) mass is 1500 g/mol. The maximum Gasteiger partial charge on any atom is 0.429 e. The van der Waals surface area contributed by atoms with Gasteiger partial charge in [-0.05, 0) is 113 Å². The molecule has 0 spiro atoms. The molecular weight excluding hydrogens is 1410 g/mol. The van der Waals surface area contributed by atoms with E-state index in [1.165, 1.54) is 45.8 Å². The number of aryl methyl sites for hydroxylation is 1. The number of fused-ring (bicyclic) bond motifs is 3. The van der Waals surface area contributed by atoms with E-state index < -0.39 is 72.3 Å². The Morgan fingerprint density at radius 1 is 0.720 bits per heavy atom. The molecule has 566 valence electrons. The topological polar surface area (TPSA) is 316 Å². The van der Waals surface area contributed by atoms with Crippen molar-refractivity contribution in [3.05, 3.63) is 210 Å². The molecule has 29 heteroatoms. The number of anilines is 2. The fraction of sp³-hybridized carbons (Fsp3) is 0.359. The molecule has 1 unspecified atom stereocenters. The summed E-state index contributed by atoms with van der Waals surface area (Å²) in [6, 6.07) is 41.2. The minimum atomic E-state index is -1.18. The summed E-state index contributed by atoms with van der Waals surface area (Å²) in [4.78, 5) is 125. The number of urea groups is 2. The van der Waals surface area contributed by atoms with E-state index in [0.29, 0.717) is 34.5 Å². The molecule has 0 radical (unpaired) electrons. The van der Waals surface area contributed by atoms with Crippen molar-refractivity contribution in [3.63, 3.8) is 0 Å². The van der Waals surface area contributed by atoms with Crippen LogP contribution in [0.3, 0.4) is 0 Å². The number of amides is 10. The average molecular weight is 1500 g/mol. The number of piperazine rings is 1. The van der Waals surface area contributed by atoms with Crippen LogP contribution in [0.5, 0.6) is 5.75 Å². The van der Waals surface area contributed by atoms with Crippen LogP contribution < -0.4 is 27.0 Å². The lowest BCUT2D eigenvalue weighted by atomic mass is 9.99. The Balaban J connectivity index is 0.000000262. The minimum Gasteiger partial charge on any atom is -0.508 e. The Morgan fingerprint density at radius 3 is 1.93 bits per heavy atom. The number of nitrogens with one attached hydrogen (secondary N) is 4. The zero-order chi connectivity index (χ0) is 77.1. The highest BCUT2D eigenvalue weighted by atomic mass is 32.1. The third-order valence-electron chi connectivity index (χ3n) is 16.9. The first-order valence-electron chi connectivity index (χ1n) is 35.0. The lowest BCUT2D eigenvalue weighted by Gasteiger charge is -2.46. The van der Waals surface area contributed by atoms with Crippen LogP contribution >= 0.6 is 22.7 Å². The second-order valence-electron chi connectivity index (χ2n) is 27.4. The van der Waals surface area contributed by atoms with Gasteiger partial charge in [0.25, 0.3) is 0 Å². The van der Waals surface area contributed by atoms with E-state index in [1.54, 1.807) is 86.7 Å². The predicted molar refractivity (Wildman–Crippen MR) is 411 cm³/mol. The first-order valence-corrected chi connectivity index (χ1v) is 36.6. The molecule has 2 saturated heterocycles. The normalized spacial score (nSPS) is 14.9. The number of hydrogen-bond donors (Lipinski definition) is 6. The van der Waals surface area contributed by atoms with Crippen LogP contribution in [0.4, 0.5) is 29.4 Å². The molecule has 10 amide bonds. The average Bonchev–Trinajstić information content (AvgIpc) is 1.62. The number of hydrazine groups is 2. The number of nitrogen functional groups attached to an aromatic ring is 1. The van der Waals surface area contributed by atoms with Gasteiger partial charge in [0.15, 0.2) is 16.6 Å². The quantitative estimate of drug-likeness (QED) is 0.0158. The Hall–Kier alpha value is -11.0. The lowest BCUT2D eigenvalue weighted by molar-refractivity contribution is -0.157. The number of thiazole rings is 2. The van der Waals surface area contributed by atoms with Crippen LogP contribution in [0, 0.1) is 6.92 Å². The van der Waals surface area contributed by atoms with E-state index in [2.05, 4.69) is 39.4 Å². The van der Waals surface area contributed by atoms with Crippen molar-refractivity contribution in [1.82, 2.24) is 60.7 Å². The number of hydrogen-bond acceptors (Lipinski definition) is 19. The van der Waals surface area contributed by atoms with Crippen LogP contribution in [-0.4, -0.2) is 186 Å². The number of carbonyl (C=O) groups excluding carboxylic acids is 8. The number of benzene rings is 6. The van der Waals surface area contributed by atoms with E-state index in [9.17, 15) is 38.7 Å². The van der Waals surface area contributed by atoms with Crippen molar-refractivity contribution < 1.29 is 62.4 Å². The highest BCUT2D eigenvalue weighted by Gasteiger charge is 2.52. The number of aromatic nitrogens is 2. The number of aromatic hydroxyl groups is 1. The van der Waals surface area contributed by atoms with Crippen molar-refractivity contribution in [2.24, 2.45) is 0 Å². The van der Waals surface area contributed by atoms with Crippen LogP contribution in [0.1, 0.15) is 87.4 Å². The number of nitrogens with zero attached hydrogens (tertiary/aromatic N) is 9. The van der Waals surface area contributed by atoms with Gasteiger partial charge in [-0.25, -0.2) is 39.2 Å². The van der Waals surface area contributed by atoms with Gasteiger partial charge in [-0.3, -0.25) is 29.5 Å². The SMILES string of the molecule is C=CCN(C(=O)NCc1ccccc1)N(CC(=O)N[C@@H](Cc1ccc(C)cc1)C(=O)N(Cc1cccc2sc(NC(=O)OC(C)(C)C)nc12)CC(OC)OCC)C(=O)OC(C)(C)C.C=CCN(C(=O)NCc1ccccc1)N1CC(=O)N2[C@@H](Cc3ccc(O)cc3)C(=O)N(Cc3cccc4sc(N)nc34)C[C@@H]21. The number of nitrogens with two attached hydrogens (primary N) is 1. The molecule has 4 heterocycles. The van der Waals surface area contributed by atoms with Gasteiger partial charge in [-0.1, -0.05) is 162 Å². The number of methoxy groups -OCH3 is 1. The highest BCUT2D eigenvalue weighted by Crippen LogP contribution is 2.34. The fourth-order valence-electron chi connectivity index (χ4n) is 12.1. The molecule has 6 aromatic carbocycles. The third kappa shape index (κ3) is 22.3. The number of ether oxygens (including phenoxy) is 4. The van der Waals surface area contributed by atoms with Gasteiger partial charge in [0.1, 0.15) is 41.7 Å². The lowest BCUT2D eigenvalue weighted by Crippen LogP contribution is -2.66. The summed E-state index contributed by atoms with van der Waals surface area (Å²) in [6.45, 7) is 22.1. The van der Waals surface area contributed by atoms with E-state index >= 15 is 4.79 Å². The van der Waals surface area contributed by atoms with Crippen molar-refractivity contribution in [1.29, 1.82) is 0 Å². The van der Waals surface area contributed by atoms with Crippen LogP contribution in [0.15, 0.2) is 171 Å². The molecule has 2 aliphatic heterocycles. The number of para-hydroxylation sites is 2. The fourth-order valence-corrected chi connectivity index (χ4v) is 13.7. The van der Waals surface area contributed by atoms with Gasteiger partial charge >= 0.3 is 24.2 Å². The zero-order valence-corrected chi connectivity index (χ0v) is 63.3. The smallest absolute Gasteiger partial charge is 0.429 e. The molecule has 2 aliphatic rings. The molecule has 0 aliphatic carbocycles. The number of phenols is 1. The highest BCUT2D eigenvalue weighted by molar-refractivity contribution is 7.22. The summed E-state index contributed by atoms with van der Waals surface area (Å²) in [7, 11) is 1.47. The molecule has 4 atom stereocenters. The van der Waals surface area contributed by atoms with Gasteiger partial charge in [0.05, 0.1) is 53.2 Å². The third-order valence-corrected chi connectivity index (χ3v) is 18.7. The molecule has 0 bridgehead atoms. The molecule has 0 saturated carbocycles. The Morgan fingerprint density at radius 2 is 1.32 bits per heavy atom. The summed E-state index contributed by atoms with van der Waals surface area (Å²) in [6.07, 6.45) is 0.308.